The molecule has 1 fully saturated rings. The van der Waals surface area contributed by atoms with E-state index in [1.54, 1.807) is 0 Å². The number of hydrogen-bond acceptors (Lipinski definition) is 1. The van der Waals surface area contributed by atoms with Crippen molar-refractivity contribution in [3.8, 4) is 0 Å². The predicted molar refractivity (Wildman–Crippen MR) is 74.3 cm³/mol. The SMILES string of the molecule is Fc1ccc(CNCCC2CCCCC2)cc1C(F)(F)F. The minimum Gasteiger partial charge on any atom is -0.313 e. The van der Waals surface area contributed by atoms with Crippen LogP contribution in [0.3, 0.4) is 0 Å². The van der Waals surface area contributed by atoms with Crippen LogP contribution in [-0.4, -0.2) is 6.54 Å². The molecule has 1 aliphatic rings. The molecule has 1 aromatic rings. The zero-order valence-corrected chi connectivity index (χ0v) is 12.0. The molecule has 1 saturated carbocycles. The lowest BCUT2D eigenvalue weighted by Crippen LogP contribution is -2.19. The van der Waals surface area contributed by atoms with E-state index in [1.807, 2.05) is 0 Å². The van der Waals surface area contributed by atoms with Gasteiger partial charge in [-0.05, 0) is 36.6 Å². The fraction of sp³-hybridized carbons (Fsp3) is 0.625. The molecule has 0 radical (unpaired) electrons. The zero-order valence-electron chi connectivity index (χ0n) is 12.0. The largest absolute Gasteiger partial charge is 0.419 e. The van der Waals surface area contributed by atoms with E-state index in [-0.39, 0.29) is 0 Å². The maximum absolute atomic E-state index is 13.2. The molecule has 0 amide bonds. The number of alkyl halides is 3. The van der Waals surface area contributed by atoms with E-state index < -0.39 is 17.6 Å². The number of benzene rings is 1. The lowest BCUT2D eigenvalue weighted by Gasteiger charge is -2.21. The van der Waals surface area contributed by atoms with Gasteiger partial charge in [0.2, 0.25) is 0 Å². The summed E-state index contributed by atoms with van der Waals surface area (Å²) in [6.07, 6.45) is 2.84. The summed E-state index contributed by atoms with van der Waals surface area (Å²) in [7, 11) is 0. The molecule has 0 aromatic heterocycles. The smallest absolute Gasteiger partial charge is 0.313 e. The molecule has 0 aliphatic heterocycles. The fourth-order valence-corrected chi connectivity index (χ4v) is 2.91. The number of hydrogen-bond donors (Lipinski definition) is 1. The Kier molecular flexibility index (Phi) is 5.62. The van der Waals surface area contributed by atoms with Crippen LogP contribution >= 0.6 is 0 Å². The molecule has 21 heavy (non-hydrogen) atoms. The molecule has 0 unspecified atom stereocenters. The van der Waals surface area contributed by atoms with Crippen LogP contribution in [0.2, 0.25) is 0 Å². The van der Waals surface area contributed by atoms with Gasteiger partial charge in [0.1, 0.15) is 5.82 Å². The second-order valence-corrected chi connectivity index (χ2v) is 5.78. The molecule has 1 aromatic carbocycles. The average Bonchev–Trinajstić information content (AvgIpc) is 2.45. The Hall–Kier alpha value is -1.10. The van der Waals surface area contributed by atoms with Crippen LogP contribution < -0.4 is 5.32 Å². The van der Waals surface area contributed by atoms with E-state index >= 15 is 0 Å². The number of nitrogens with one attached hydrogen (secondary N) is 1. The van der Waals surface area contributed by atoms with Gasteiger partial charge in [0.05, 0.1) is 5.56 Å². The molecule has 1 aliphatic carbocycles. The summed E-state index contributed by atoms with van der Waals surface area (Å²) < 4.78 is 51.0. The van der Waals surface area contributed by atoms with Crippen molar-refractivity contribution in [1.82, 2.24) is 5.32 Å². The highest BCUT2D eigenvalue weighted by atomic mass is 19.4. The molecule has 0 atom stereocenters. The average molecular weight is 303 g/mol. The highest BCUT2D eigenvalue weighted by Crippen LogP contribution is 2.32. The second kappa shape index (κ2) is 7.25. The fourth-order valence-electron chi connectivity index (χ4n) is 2.91. The van der Waals surface area contributed by atoms with Crippen molar-refractivity contribution in [3.05, 3.63) is 35.1 Å². The Morgan fingerprint density at radius 1 is 1.10 bits per heavy atom. The molecule has 0 spiro atoms. The van der Waals surface area contributed by atoms with Crippen molar-refractivity contribution in [2.45, 2.75) is 51.2 Å². The van der Waals surface area contributed by atoms with Crippen molar-refractivity contribution in [1.29, 1.82) is 0 Å². The van der Waals surface area contributed by atoms with Crippen LogP contribution in [0.5, 0.6) is 0 Å². The third-order valence-electron chi connectivity index (χ3n) is 4.12. The van der Waals surface area contributed by atoms with Crippen LogP contribution in [0.15, 0.2) is 18.2 Å². The van der Waals surface area contributed by atoms with E-state index in [4.69, 9.17) is 0 Å². The highest BCUT2D eigenvalue weighted by molar-refractivity contribution is 5.27. The van der Waals surface area contributed by atoms with Gasteiger partial charge in [0, 0.05) is 6.54 Å². The first-order valence-electron chi connectivity index (χ1n) is 7.53. The summed E-state index contributed by atoms with van der Waals surface area (Å²) in [4.78, 5) is 0. The van der Waals surface area contributed by atoms with Gasteiger partial charge in [-0.15, -0.1) is 0 Å². The van der Waals surface area contributed by atoms with Gasteiger partial charge < -0.3 is 5.32 Å². The summed E-state index contributed by atoms with van der Waals surface area (Å²) in [5, 5.41) is 3.16. The third kappa shape index (κ3) is 4.99. The predicted octanol–water partition coefficient (Wildman–Crippen LogP) is 4.90. The van der Waals surface area contributed by atoms with Gasteiger partial charge in [0.25, 0.3) is 0 Å². The van der Waals surface area contributed by atoms with Crippen LogP contribution in [-0.2, 0) is 12.7 Å². The Morgan fingerprint density at radius 3 is 2.48 bits per heavy atom. The Bertz CT molecular complexity index is 450. The first-order valence-corrected chi connectivity index (χ1v) is 7.53. The lowest BCUT2D eigenvalue weighted by molar-refractivity contribution is -0.140. The van der Waals surface area contributed by atoms with Crippen molar-refractivity contribution in [2.24, 2.45) is 5.92 Å². The summed E-state index contributed by atoms with van der Waals surface area (Å²) in [5.41, 5.74) is -0.721. The van der Waals surface area contributed by atoms with E-state index in [0.717, 1.165) is 31.0 Å². The zero-order chi connectivity index (χ0) is 15.3. The molecular weight excluding hydrogens is 282 g/mol. The summed E-state index contributed by atoms with van der Waals surface area (Å²) in [6.45, 7) is 1.14. The highest BCUT2D eigenvalue weighted by Gasteiger charge is 2.34. The second-order valence-electron chi connectivity index (χ2n) is 5.78. The van der Waals surface area contributed by atoms with Crippen molar-refractivity contribution < 1.29 is 17.6 Å². The maximum Gasteiger partial charge on any atom is 0.419 e. The first-order chi connectivity index (χ1) is 9.97. The number of rotatable bonds is 5. The van der Waals surface area contributed by atoms with Crippen LogP contribution in [0, 0.1) is 11.7 Å². The van der Waals surface area contributed by atoms with Crippen molar-refractivity contribution in [3.63, 3.8) is 0 Å². The summed E-state index contributed by atoms with van der Waals surface area (Å²) in [5.74, 6) is -0.473. The van der Waals surface area contributed by atoms with Crippen LogP contribution in [0.4, 0.5) is 17.6 Å². The third-order valence-corrected chi connectivity index (χ3v) is 4.12. The molecule has 5 heteroatoms. The van der Waals surface area contributed by atoms with E-state index in [2.05, 4.69) is 5.32 Å². The normalized spacial score (nSPS) is 17.1. The first kappa shape index (κ1) is 16.3. The molecule has 1 N–H and O–H groups in total. The summed E-state index contributed by atoms with van der Waals surface area (Å²) in [6, 6.07) is 3.18. The molecule has 2 rings (SSSR count). The van der Waals surface area contributed by atoms with Gasteiger partial charge in [-0.3, -0.25) is 0 Å². The molecule has 1 nitrogen and oxygen atoms in total. The molecular formula is C16H21F4N. The standard InChI is InChI=1S/C16H21F4N/c17-15-7-6-13(10-14(15)16(18,19)20)11-21-9-8-12-4-2-1-3-5-12/h6-7,10,12,21H,1-5,8-9,11H2. The molecule has 118 valence electrons. The van der Waals surface area contributed by atoms with E-state index in [0.29, 0.717) is 12.1 Å². The van der Waals surface area contributed by atoms with Crippen molar-refractivity contribution in [2.75, 3.05) is 6.54 Å². The van der Waals surface area contributed by atoms with E-state index in [9.17, 15) is 17.6 Å². The topological polar surface area (TPSA) is 12.0 Å². The maximum atomic E-state index is 13.2. The monoisotopic (exact) mass is 303 g/mol. The minimum absolute atomic E-state index is 0.343. The molecule has 0 heterocycles. The van der Waals surface area contributed by atoms with Gasteiger partial charge in [0.15, 0.2) is 0 Å². The number of halogens is 4. The summed E-state index contributed by atoms with van der Waals surface area (Å²) >= 11 is 0. The molecule has 0 bridgehead atoms. The van der Waals surface area contributed by atoms with Gasteiger partial charge >= 0.3 is 6.18 Å². The van der Waals surface area contributed by atoms with Crippen molar-refractivity contribution >= 4 is 0 Å². The Labute approximate surface area is 122 Å². The quantitative estimate of drug-likeness (QED) is 0.602. The Morgan fingerprint density at radius 2 is 1.81 bits per heavy atom. The van der Waals surface area contributed by atoms with E-state index in [1.165, 1.54) is 38.2 Å². The van der Waals surface area contributed by atoms with Gasteiger partial charge in [-0.25, -0.2) is 4.39 Å². The lowest BCUT2D eigenvalue weighted by atomic mass is 9.87. The van der Waals surface area contributed by atoms with Crippen LogP contribution in [0.1, 0.15) is 49.7 Å². The molecule has 0 saturated heterocycles. The van der Waals surface area contributed by atoms with Gasteiger partial charge in [-0.1, -0.05) is 38.2 Å². The Balaban J connectivity index is 1.80. The van der Waals surface area contributed by atoms with Gasteiger partial charge in [-0.2, -0.15) is 13.2 Å². The minimum atomic E-state index is -4.64. The van der Waals surface area contributed by atoms with Crippen LogP contribution in [0.25, 0.3) is 0 Å².